The number of carboxylic acids is 1. The van der Waals surface area contributed by atoms with Gasteiger partial charge in [-0.25, -0.2) is 0 Å². The van der Waals surface area contributed by atoms with Gasteiger partial charge in [0.05, 0.1) is 11.1 Å². The van der Waals surface area contributed by atoms with Crippen LogP contribution in [0.1, 0.15) is 26.0 Å². The number of aryl methyl sites for hydroxylation is 1. The lowest BCUT2D eigenvalue weighted by molar-refractivity contribution is -0.151. The van der Waals surface area contributed by atoms with Gasteiger partial charge in [-0.3, -0.25) is 14.4 Å². The van der Waals surface area contributed by atoms with E-state index in [0.29, 0.717) is 6.54 Å². The third kappa shape index (κ3) is 2.27. The predicted octanol–water partition coefficient (Wildman–Crippen LogP) is 1.35. The Morgan fingerprint density at radius 1 is 1.61 bits per heavy atom. The molecule has 1 unspecified atom stereocenters. The summed E-state index contributed by atoms with van der Waals surface area (Å²) in [6.45, 7) is 6.19. The topological polar surface area (TPSA) is 58.4 Å². The molecular weight excluding hydrogens is 230 g/mol. The van der Waals surface area contributed by atoms with E-state index < -0.39 is 11.4 Å². The second-order valence-corrected chi connectivity index (χ2v) is 5.56. The van der Waals surface area contributed by atoms with Crippen LogP contribution in [0.3, 0.4) is 0 Å². The largest absolute Gasteiger partial charge is 0.481 e. The highest BCUT2D eigenvalue weighted by molar-refractivity contribution is 5.75. The lowest BCUT2D eigenvalue weighted by atomic mass is 9.76. The van der Waals surface area contributed by atoms with Gasteiger partial charge < -0.3 is 5.11 Å². The van der Waals surface area contributed by atoms with Gasteiger partial charge in [-0.05, 0) is 24.9 Å². The number of hydrogen-bond acceptors (Lipinski definition) is 3. The minimum Gasteiger partial charge on any atom is -0.481 e. The molecule has 1 aliphatic rings. The summed E-state index contributed by atoms with van der Waals surface area (Å²) in [5, 5.41) is 13.8. The fourth-order valence-corrected chi connectivity index (χ4v) is 2.72. The Labute approximate surface area is 107 Å². The average Bonchev–Trinajstić information content (AvgIpc) is 2.86. The lowest BCUT2D eigenvalue weighted by Gasteiger charge is -2.28. The monoisotopic (exact) mass is 251 g/mol. The van der Waals surface area contributed by atoms with Crippen molar-refractivity contribution in [1.82, 2.24) is 14.7 Å². The van der Waals surface area contributed by atoms with E-state index >= 15 is 0 Å². The van der Waals surface area contributed by atoms with E-state index in [1.807, 2.05) is 33.2 Å². The highest BCUT2D eigenvalue weighted by atomic mass is 16.4. The molecule has 1 N–H and O–H groups in total. The Kier molecular flexibility index (Phi) is 3.43. The second-order valence-electron chi connectivity index (χ2n) is 5.56. The van der Waals surface area contributed by atoms with E-state index in [9.17, 15) is 9.90 Å². The molecule has 1 aromatic heterocycles. The molecule has 1 aliphatic heterocycles. The zero-order chi connectivity index (χ0) is 13.3. The predicted molar refractivity (Wildman–Crippen MR) is 68.0 cm³/mol. The van der Waals surface area contributed by atoms with Crippen molar-refractivity contribution in [2.24, 2.45) is 18.4 Å². The van der Waals surface area contributed by atoms with Gasteiger partial charge in [-0.15, -0.1) is 0 Å². The van der Waals surface area contributed by atoms with Crippen molar-refractivity contribution in [3.8, 4) is 0 Å². The van der Waals surface area contributed by atoms with Crippen molar-refractivity contribution in [2.75, 3.05) is 13.1 Å². The maximum atomic E-state index is 11.5. The molecule has 0 aliphatic carbocycles. The molecular formula is C13H21N3O2. The Bertz CT molecular complexity index is 441. The van der Waals surface area contributed by atoms with Gasteiger partial charge >= 0.3 is 5.97 Å². The fourth-order valence-electron chi connectivity index (χ4n) is 2.72. The molecule has 2 heterocycles. The first-order chi connectivity index (χ1) is 8.44. The molecule has 1 fully saturated rings. The Balaban J connectivity index is 2.05. The van der Waals surface area contributed by atoms with E-state index in [1.165, 1.54) is 0 Å². The maximum Gasteiger partial charge on any atom is 0.311 e. The van der Waals surface area contributed by atoms with Crippen LogP contribution in [0.2, 0.25) is 0 Å². The molecule has 1 saturated heterocycles. The van der Waals surface area contributed by atoms with Crippen LogP contribution < -0.4 is 0 Å². The number of rotatable bonds is 4. The van der Waals surface area contributed by atoms with Crippen LogP contribution in [0.5, 0.6) is 0 Å². The van der Waals surface area contributed by atoms with Gasteiger partial charge in [0.15, 0.2) is 0 Å². The second kappa shape index (κ2) is 4.72. The third-order valence-electron chi connectivity index (χ3n) is 4.07. The van der Waals surface area contributed by atoms with Crippen molar-refractivity contribution in [3.05, 3.63) is 18.0 Å². The SMILES string of the molecule is CC(C)C1(C(=O)O)CCN(Cc2ccn(C)n2)C1. The molecule has 5 heteroatoms. The van der Waals surface area contributed by atoms with E-state index in [1.54, 1.807) is 4.68 Å². The molecule has 1 aromatic rings. The first-order valence-corrected chi connectivity index (χ1v) is 6.38. The zero-order valence-corrected chi connectivity index (χ0v) is 11.3. The number of aliphatic carboxylic acids is 1. The molecule has 0 saturated carbocycles. The summed E-state index contributed by atoms with van der Waals surface area (Å²) in [5.41, 5.74) is 0.414. The van der Waals surface area contributed by atoms with Gasteiger partial charge in [0.1, 0.15) is 0 Å². The van der Waals surface area contributed by atoms with Gasteiger partial charge in [0.2, 0.25) is 0 Å². The first kappa shape index (κ1) is 13.1. The molecule has 0 aromatic carbocycles. The summed E-state index contributed by atoms with van der Waals surface area (Å²) >= 11 is 0. The van der Waals surface area contributed by atoms with Crippen LogP contribution >= 0.6 is 0 Å². The average molecular weight is 251 g/mol. The standard InChI is InChI=1S/C13H21N3O2/c1-10(2)13(12(17)18)5-7-16(9-13)8-11-4-6-15(3)14-11/h4,6,10H,5,7-9H2,1-3H3,(H,17,18). The Morgan fingerprint density at radius 2 is 2.33 bits per heavy atom. The van der Waals surface area contributed by atoms with Crippen molar-refractivity contribution >= 4 is 5.97 Å². The third-order valence-corrected chi connectivity index (χ3v) is 4.07. The number of carbonyl (C=O) groups is 1. The Hall–Kier alpha value is -1.36. The summed E-state index contributed by atoms with van der Waals surface area (Å²) in [4.78, 5) is 13.7. The van der Waals surface area contributed by atoms with Gasteiger partial charge in [-0.2, -0.15) is 5.10 Å². The minimum atomic E-state index is -0.666. The quantitative estimate of drug-likeness (QED) is 0.877. The molecule has 0 spiro atoms. The summed E-state index contributed by atoms with van der Waals surface area (Å²) in [7, 11) is 1.89. The normalized spacial score (nSPS) is 24.9. The van der Waals surface area contributed by atoms with Crippen LogP contribution in [-0.4, -0.2) is 38.8 Å². The zero-order valence-electron chi connectivity index (χ0n) is 11.3. The molecule has 2 rings (SSSR count). The van der Waals surface area contributed by atoms with Crippen LogP contribution in [0.25, 0.3) is 0 Å². The van der Waals surface area contributed by atoms with Gasteiger partial charge in [0, 0.05) is 26.3 Å². The number of nitrogens with zero attached hydrogens (tertiary/aromatic N) is 3. The first-order valence-electron chi connectivity index (χ1n) is 6.38. The summed E-state index contributed by atoms with van der Waals surface area (Å²) < 4.78 is 1.78. The number of aromatic nitrogens is 2. The van der Waals surface area contributed by atoms with Crippen LogP contribution in [-0.2, 0) is 18.4 Å². The molecule has 0 amide bonds. The summed E-state index contributed by atoms with van der Waals surface area (Å²) in [5.74, 6) is -0.509. The summed E-state index contributed by atoms with van der Waals surface area (Å²) in [6.07, 6.45) is 2.64. The number of hydrogen-bond donors (Lipinski definition) is 1. The Morgan fingerprint density at radius 3 is 2.78 bits per heavy atom. The maximum absolute atomic E-state index is 11.5. The van der Waals surface area contributed by atoms with Gasteiger partial charge in [0.25, 0.3) is 0 Å². The van der Waals surface area contributed by atoms with Gasteiger partial charge in [-0.1, -0.05) is 13.8 Å². The smallest absolute Gasteiger partial charge is 0.311 e. The minimum absolute atomic E-state index is 0.156. The molecule has 1 atom stereocenters. The van der Waals surface area contributed by atoms with Crippen molar-refractivity contribution in [3.63, 3.8) is 0 Å². The molecule has 5 nitrogen and oxygen atoms in total. The van der Waals surface area contributed by atoms with E-state index in [4.69, 9.17) is 0 Å². The highest BCUT2D eigenvalue weighted by Gasteiger charge is 2.47. The fraction of sp³-hybridized carbons (Fsp3) is 0.692. The van der Waals surface area contributed by atoms with E-state index in [2.05, 4.69) is 10.00 Å². The molecule has 0 bridgehead atoms. The van der Waals surface area contributed by atoms with E-state index in [-0.39, 0.29) is 5.92 Å². The number of carboxylic acid groups (broad SMARTS) is 1. The molecule has 18 heavy (non-hydrogen) atoms. The van der Waals surface area contributed by atoms with Crippen molar-refractivity contribution in [1.29, 1.82) is 0 Å². The van der Waals surface area contributed by atoms with Crippen molar-refractivity contribution < 1.29 is 9.90 Å². The molecule has 100 valence electrons. The van der Waals surface area contributed by atoms with Crippen LogP contribution in [0.4, 0.5) is 0 Å². The molecule has 0 radical (unpaired) electrons. The van der Waals surface area contributed by atoms with Crippen LogP contribution in [0.15, 0.2) is 12.3 Å². The summed E-state index contributed by atoms with van der Waals surface area (Å²) in [6, 6.07) is 1.98. The van der Waals surface area contributed by atoms with Crippen LogP contribution in [0, 0.1) is 11.3 Å². The number of likely N-dealkylation sites (tertiary alicyclic amines) is 1. The lowest BCUT2D eigenvalue weighted by Crippen LogP contribution is -2.39. The highest BCUT2D eigenvalue weighted by Crippen LogP contribution is 2.38. The van der Waals surface area contributed by atoms with E-state index in [0.717, 1.165) is 25.2 Å². The van der Waals surface area contributed by atoms with Crippen molar-refractivity contribution in [2.45, 2.75) is 26.8 Å².